The molecular formula is C21H23FO4. The van der Waals surface area contributed by atoms with Gasteiger partial charge in [0.05, 0.1) is 5.76 Å². The van der Waals surface area contributed by atoms with Crippen LogP contribution in [0.1, 0.15) is 19.8 Å². The normalized spacial score (nSPS) is 21.6. The maximum Gasteiger partial charge on any atom is 0.123 e. The van der Waals surface area contributed by atoms with Crippen LogP contribution in [-0.4, -0.2) is 34.1 Å². The van der Waals surface area contributed by atoms with E-state index in [0.29, 0.717) is 24.4 Å². The third-order valence-electron chi connectivity index (χ3n) is 3.87. The number of aliphatic hydroxyl groups is 3. The van der Waals surface area contributed by atoms with Crippen LogP contribution in [-0.2, 0) is 0 Å². The standard InChI is InChI=1S/C21H23FO4/c1-21(13-19(25)14-21)12-17(23)6-4-2-3-5-7-18(24)15-26-20-10-8-16(22)9-11-20/h2-3,5,7-11,13,17-18,23-25H,12,14-15H2,1H3/b3-2+,7-5+. The molecule has 1 aliphatic carbocycles. The monoisotopic (exact) mass is 358 g/mol. The minimum absolute atomic E-state index is 0.0549. The van der Waals surface area contributed by atoms with Crippen molar-refractivity contribution in [1.82, 2.24) is 0 Å². The number of hydrogen-bond acceptors (Lipinski definition) is 4. The second kappa shape index (κ2) is 9.23. The Morgan fingerprint density at radius 3 is 2.62 bits per heavy atom. The molecule has 0 heterocycles. The second-order valence-electron chi connectivity index (χ2n) is 6.55. The van der Waals surface area contributed by atoms with E-state index in [-0.39, 0.29) is 17.8 Å². The molecule has 0 aliphatic heterocycles. The lowest BCUT2D eigenvalue weighted by Gasteiger charge is -2.34. The quantitative estimate of drug-likeness (QED) is 0.517. The molecule has 0 aromatic heterocycles. The van der Waals surface area contributed by atoms with Crippen molar-refractivity contribution in [2.24, 2.45) is 5.41 Å². The van der Waals surface area contributed by atoms with Crippen LogP contribution < -0.4 is 4.74 Å². The summed E-state index contributed by atoms with van der Waals surface area (Å²) in [5.41, 5.74) is -0.184. The smallest absolute Gasteiger partial charge is 0.123 e. The molecule has 0 amide bonds. The Labute approximate surface area is 152 Å². The maximum absolute atomic E-state index is 12.8. The molecule has 3 N–H and O–H groups in total. The molecular weight excluding hydrogens is 335 g/mol. The molecule has 1 aromatic carbocycles. The van der Waals surface area contributed by atoms with E-state index in [1.54, 1.807) is 30.4 Å². The van der Waals surface area contributed by atoms with Crippen molar-refractivity contribution in [1.29, 1.82) is 0 Å². The summed E-state index contributed by atoms with van der Waals surface area (Å²) in [6.45, 7) is 2.02. The first-order valence-electron chi connectivity index (χ1n) is 8.36. The van der Waals surface area contributed by atoms with Gasteiger partial charge in [-0.25, -0.2) is 4.39 Å². The fourth-order valence-corrected chi connectivity index (χ4v) is 2.62. The van der Waals surface area contributed by atoms with Gasteiger partial charge in [0, 0.05) is 6.42 Å². The zero-order valence-corrected chi connectivity index (χ0v) is 14.6. The van der Waals surface area contributed by atoms with Gasteiger partial charge in [0.15, 0.2) is 0 Å². The number of allylic oxidation sites excluding steroid dienone is 5. The minimum atomic E-state index is -0.804. The molecule has 138 valence electrons. The van der Waals surface area contributed by atoms with E-state index in [2.05, 4.69) is 11.8 Å². The zero-order valence-electron chi connectivity index (χ0n) is 14.6. The second-order valence-corrected chi connectivity index (χ2v) is 6.55. The SMILES string of the molecule is CC1(CC(O)C#C/C=C/C=C/C(O)COc2ccc(F)cc2)C=C(O)C1. The largest absolute Gasteiger partial charge is 0.513 e. The maximum atomic E-state index is 12.8. The molecule has 2 rings (SSSR count). The number of rotatable bonds is 7. The molecule has 5 heteroatoms. The molecule has 3 atom stereocenters. The van der Waals surface area contributed by atoms with Crippen LogP contribution >= 0.6 is 0 Å². The number of halogens is 1. The lowest BCUT2D eigenvalue weighted by Crippen LogP contribution is -2.28. The van der Waals surface area contributed by atoms with Crippen LogP contribution in [0.2, 0.25) is 0 Å². The molecule has 1 aliphatic rings. The van der Waals surface area contributed by atoms with Gasteiger partial charge >= 0.3 is 0 Å². The number of aliphatic hydroxyl groups excluding tert-OH is 3. The number of benzene rings is 1. The molecule has 0 saturated heterocycles. The highest BCUT2D eigenvalue weighted by atomic mass is 19.1. The predicted octanol–water partition coefficient (Wildman–Crippen LogP) is 3.28. The average Bonchev–Trinajstić information content (AvgIpc) is 2.56. The first kappa shape index (κ1) is 19.8. The first-order valence-corrected chi connectivity index (χ1v) is 8.36. The molecule has 0 spiro atoms. The molecule has 0 bridgehead atoms. The van der Waals surface area contributed by atoms with Crippen LogP contribution in [0, 0.1) is 23.1 Å². The van der Waals surface area contributed by atoms with Crippen LogP contribution in [0.25, 0.3) is 0 Å². The zero-order chi connectivity index (χ0) is 19.0. The highest BCUT2D eigenvalue weighted by Gasteiger charge is 2.33. The summed E-state index contributed by atoms with van der Waals surface area (Å²) >= 11 is 0. The third kappa shape index (κ3) is 6.75. The summed E-state index contributed by atoms with van der Waals surface area (Å²) in [6, 6.07) is 5.57. The minimum Gasteiger partial charge on any atom is -0.513 e. The fourth-order valence-electron chi connectivity index (χ4n) is 2.62. The van der Waals surface area contributed by atoms with Crippen LogP contribution in [0.15, 0.2) is 60.4 Å². The van der Waals surface area contributed by atoms with Crippen molar-refractivity contribution in [3.8, 4) is 17.6 Å². The van der Waals surface area contributed by atoms with E-state index >= 15 is 0 Å². The van der Waals surface area contributed by atoms with Crippen molar-refractivity contribution < 1.29 is 24.4 Å². The average molecular weight is 358 g/mol. The van der Waals surface area contributed by atoms with Gasteiger partial charge in [0.2, 0.25) is 0 Å². The lowest BCUT2D eigenvalue weighted by molar-refractivity contribution is 0.143. The molecule has 3 unspecified atom stereocenters. The Balaban J connectivity index is 1.68. The topological polar surface area (TPSA) is 69.9 Å². The number of ether oxygens (including phenoxy) is 1. The molecule has 0 radical (unpaired) electrons. The van der Waals surface area contributed by atoms with Crippen molar-refractivity contribution >= 4 is 0 Å². The van der Waals surface area contributed by atoms with Crippen LogP contribution in [0.4, 0.5) is 4.39 Å². The Hall–Kier alpha value is -2.55. The van der Waals surface area contributed by atoms with Gasteiger partial charge in [-0.3, -0.25) is 0 Å². The van der Waals surface area contributed by atoms with Gasteiger partial charge in [0.1, 0.15) is 30.4 Å². The van der Waals surface area contributed by atoms with Crippen molar-refractivity contribution in [3.63, 3.8) is 0 Å². The van der Waals surface area contributed by atoms with Crippen LogP contribution in [0.3, 0.4) is 0 Å². The van der Waals surface area contributed by atoms with Crippen LogP contribution in [0.5, 0.6) is 5.75 Å². The Bertz CT molecular complexity index is 740. The van der Waals surface area contributed by atoms with E-state index in [0.717, 1.165) is 0 Å². The van der Waals surface area contributed by atoms with E-state index < -0.39 is 12.2 Å². The molecule has 1 aromatic rings. The summed E-state index contributed by atoms with van der Waals surface area (Å²) < 4.78 is 18.1. The van der Waals surface area contributed by atoms with Gasteiger partial charge < -0.3 is 20.1 Å². The first-order chi connectivity index (χ1) is 12.4. The highest BCUT2D eigenvalue weighted by Crippen LogP contribution is 2.40. The van der Waals surface area contributed by atoms with Gasteiger partial charge in [-0.1, -0.05) is 37.0 Å². The van der Waals surface area contributed by atoms with E-state index in [9.17, 15) is 19.7 Å². The highest BCUT2D eigenvalue weighted by molar-refractivity contribution is 5.24. The summed E-state index contributed by atoms with van der Waals surface area (Å²) in [5.74, 6) is 5.96. The third-order valence-corrected chi connectivity index (χ3v) is 3.87. The summed E-state index contributed by atoms with van der Waals surface area (Å²) in [7, 11) is 0. The summed E-state index contributed by atoms with van der Waals surface area (Å²) in [6.07, 6.45) is 7.63. The Morgan fingerprint density at radius 2 is 1.96 bits per heavy atom. The van der Waals surface area contributed by atoms with E-state index in [1.807, 2.05) is 6.92 Å². The Kier molecular flexibility index (Phi) is 7.02. The fraction of sp³-hybridized carbons (Fsp3) is 0.333. The van der Waals surface area contributed by atoms with E-state index in [4.69, 9.17) is 4.74 Å². The summed E-state index contributed by atoms with van der Waals surface area (Å²) in [5, 5.41) is 28.8. The van der Waals surface area contributed by atoms with Gasteiger partial charge in [0.25, 0.3) is 0 Å². The van der Waals surface area contributed by atoms with Crippen molar-refractivity contribution in [2.75, 3.05) is 6.61 Å². The predicted molar refractivity (Wildman–Crippen MR) is 98.0 cm³/mol. The number of hydrogen-bond donors (Lipinski definition) is 3. The van der Waals surface area contributed by atoms with E-state index in [1.165, 1.54) is 24.3 Å². The van der Waals surface area contributed by atoms with Gasteiger partial charge in [-0.05, 0) is 48.3 Å². The van der Waals surface area contributed by atoms with Gasteiger partial charge in [-0.15, -0.1) is 0 Å². The van der Waals surface area contributed by atoms with Gasteiger partial charge in [-0.2, -0.15) is 0 Å². The summed E-state index contributed by atoms with van der Waals surface area (Å²) in [4.78, 5) is 0. The Morgan fingerprint density at radius 1 is 1.27 bits per heavy atom. The molecule has 4 nitrogen and oxygen atoms in total. The molecule has 0 fully saturated rings. The molecule has 26 heavy (non-hydrogen) atoms. The molecule has 0 saturated carbocycles. The van der Waals surface area contributed by atoms with Crippen molar-refractivity contribution in [2.45, 2.75) is 32.0 Å². The van der Waals surface area contributed by atoms with Crippen molar-refractivity contribution in [3.05, 3.63) is 66.2 Å². The lowest BCUT2D eigenvalue weighted by atomic mass is 9.73.